The van der Waals surface area contributed by atoms with Crippen molar-refractivity contribution in [2.24, 2.45) is 11.3 Å². The van der Waals surface area contributed by atoms with E-state index in [0.717, 1.165) is 44.2 Å². The zero-order valence-corrected chi connectivity index (χ0v) is 13.9. The molecule has 0 bridgehead atoms. The van der Waals surface area contributed by atoms with Gasteiger partial charge in [0.2, 0.25) is 0 Å². The number of amides is 2. The highest BCUT2D eigenvalue weighted by Crippen LogP contribution is 2.40. The van der Waals surface area contributed by atoms with Crippen LogP contribution in [0, 0.1) is 11.3 Å². The molecule has 23 heavy (non-hydrogen) atoms. The second-order valence-electron chi connectivity index (χ2n) is 7.64. The second kappa shape index (κ2) is 5.82. The first kappa shape index (κ1) is 15.0. The van der Waals surface area contributed by atoms with Gasteiger partial charge in [-0.25, -0.2) is 4.79 Å². The van der Waals surface area contributed by atoms with Crippen molar-refractivity contribution in [2.75, 3.05) is 31.5 Å². The topological polar surface area (TPSA) is 62.2 Å². The maximum Gasteiger partial charge on any atom is 0.321 e. The van der Waals surface area contributed by atoms with Gasteiger partial charge in [0.1, 0.15) is 0 Å². The number of aromatic nitrogens is 2. The number of carbonyl (C=O) groups excluding carboxylic acids is 1. The number of hydrogen-bond acceptors (Lipinski definition) is 3. The summed E-state index contributed by atoms with van der Waals surface area (Å²) in [6.07, 6.45) is 9.85. The van der Waals surface area contributed by atoms with Gasteiger partial charge >= 0.3 is 6.03 Å². The molecule has 126 valence electrons. The first-order chi connectivity index (χ1) is 11.2. The van der Waals surface area contributed by atoms with E-state index in [1.165, 1.54) is 25.7 Å². The van der Waals surface area contributed by atoms with E-state index in [9.17, 15) is 4.79 Å². The summed E-state index contributed by atoms with van der Waals surface area (Å²) in [5.74, 6) is 0.761. The highest BCUT2D eigenvalue weighted by molar-refractivity contribution is 5.89. The van der Waals surface area contributed by atoms with Gasteiger partial charge in [-0.2, -0.15) is 5.10 Å². The van der Waals surface area contributed by atoms with Crippen molar-refractivity contribution in [3.8, 4) is 0 Å². The number of nitrogens with one attached hydrogen (secondary N) is 2. The Morgan fingerprint density at radius 2 is 2.17 bits per heavy atom. The first-order valence-corrected chi connectivity index (χ1v) is 8.96. The van der Waals surface area contributed by atoms with Crippen molar-refractivity contribution >= 4 is 11.7 Å². The molecule has 2 aliphatic heterocycles. The summed E-state index contributed by atoms with van der Waals surface area (Å²) in [6, 6.07) is 0.462. The quantitative estimate of drug-likeness (QED) is 0.900. The van der Waals surface area contributed by atoms with E-state index in [4.69, 9.17) is 0 Å². The van der Waals surface area contributed by atoms with E-state index in [2.05, 4.69) is 22.7 Å². The minimum atomic E-state index is 0.0269. The van der Waals surface area contributed by atoms with Gasteiger partial charge in [-0.05, 0) is 63.5 Å². The average molecular weight is 317 g/mol. The molecule has 1 saturated carbocycles. The molecule has 3 aliphatic rings. The summed E-state index contributed by atoms with van der Waals surface area (Å²) in [7, 11) is 0. The zero-order valence-electron chi connectivity index (χ0n) is 13.9. The molecule has 1 atom stereocenters. The molecule has 0 aromatic carbocycles. The zero-order chi connectivity index (χ0) is 15.9. The van der Waals surface area contributed by atoms with Gasteiger partial charge in [0.25, 0.3) is 0 Å². The highest BCUT2D eigenvalue weighted by atomic mass is 16.2. The Hall–Kier alpha value is -1.56. The Morgan fingerprint density at radius 3 is 2.91 bits per heavy atom. The molecule has 1 aromatic heterocycles. The molecule has 1 unspecified atom stereocenters. The van der Waals surface area contributed by atoms with Crippen LogP contribution in [0.5, 0.6) is 0 Å². The molecule has 1 aromatic rings. The fraction of sp³-hybridized carbons (Fsp3) is 0.765. The summed E-state index contributed by atoms with van der Waals surface area (Å²) >= 11 is 0. The third kappa shape index (κ3) is 3.09. The maximum atomic E-state index is 12.5. The van der Waals surface area contributed by atoms with Gasteiger partial charge in [-0.1, -0.05) is 0 Å². The normalized spacial score (nSPS) is 24.8. The van der Waals surface area contributed by atoms with Crippen LogP contribution in [0.3, 0.4) is 0 Å². The molecule has 2 amide bonds. The van der Waals surface area contributed by atoms with E-state index in [-0.39, 0.29) is 6.03 Å². The van der Waals surface area contributed by atoms with Crippen molar-refractivity contribution in [1.82, 2.24) is 20.0 Å². The molecule has 3 fully saturated rings. The van der Waals surface area contributed by atoms with Gasteiger partial charge < -0.3 is 15.5 Å². The molecule has 4 rings (SSSR count). The molecule has 6 heteroatoms. The van der Waals surface area contributed by atoms with Crippen LogP contribution < -0.4 is 10.6 Å². The maximum absolute atomic E-state index is 12.5. The predicted octanol–water partition coefficient (Wildman–Crippen LogP) is 2.46. The number of rotatable bonds is 3. The largest absolute Gasteiger partial charge is 0.324 e. The van der Waals surface area contributed by atoms with Crippen molar-refractivity contribution in [3.05, 3.63) is 12.4 Å². The number of likely N-dealkylation sites (tertiary alicyclic amines) is 1. The number of urea groups is 1. The lowest BCUT2D eigenvalue weighted by Crippen LogP contribution is -2.40. The second-order valence-corrected chi connectivity index (χ2v) is 7.64. The third-order valence-electron chi connectivity index (χ3n) is 5.96. The minimum Gasteiger partial charge on any atom is -0.324 e. The number of hydrogen-bond donors (Lipinski definition) is 2. The summed E-state index contributed by atoms with van der Waals surface area (Å²) in [4.78, 5) is 14.5. The Morgan fingerprint density at radius 1 is 1.39 bits per heavy atom. The van der Waals surface area contributed by atoms with Crippen molar-refractivity contribution in [2.45, 2.75) is 45.1 Å². The Balaban J connectivity index is 1.35. The number of piperidine rings is 1. The van der Waals surface area contributed by atoms with Crippen LogP contribution in [0.4, 0.5) is 10.5 Å². The van der Waals surface area contributed by atoms with Crippen LogP contribution in [0.2, 0.25) is 0 Å². The fourth-order valence-electron chi connectivity index (χ4n) is 4.10. The van der Waals surface area contributed by atoms with Gasteiger partial charge in [0.15, 0.2) is 0 Å². The average Bonchev–Trinajstić information content (AvgIpc) is 3.18. The molecule has 6 nitrogen and oxygen atoms in total. The smallest absolute Gasteiger partial charge is 0.321 e. The molecular weight excluding hydrogens is 290 g/mol. The summed E-state index contributed by atoms with van der Waals surface area (Å²) in [5, 5.41) is 10.9. The first-order valence-electron chi connectivity index (χ1n) is 8.96. The standard InChI is InChI=1S/C17H27N5O/c1-13(14-2-3-14)22-11-15(10-19-22)20-16(23)21-9-6-17(12-21)4-7-18-8-5-17/h10-11,13-14,18H,2-9,12H2,1H3,(H,20,23). The van der Waals surface area contributed by atoms with Gasteiger partial charge in [-0.15, -0.1) is 0 Å². The molecule has 2 saturated heterocycles. The van der Waals surface area contributed by atoms with Crippen LogP contribution >= 0.6 is 0 Å². The van der Waals surface area contributed by atoms with E-state index in [1.54, 1.807) is 6.20 Å². The van der Waals surface area contributed by atoms with Crippen LogP contribution in [0.25, 0.3) is 0 Å². The Kier molecular flexibility index (Phi) is 3.79. The predicted molar refractivity (Wildman–Crippen MR) is 89.4 cm³/mol. The lowest BCUT2D eigenvalue weighted by atomic mass is 9.78. The molecule has 3 heterocycles. The van der Waals surface area contributed by atoms with E-state index in [0.29, 0.717) is 11.5 Å². The van der Waals surface area contributed by atoms with E-state index < -0.39 is 0 Å². The van der Waals surface area contributed by atoms with Gasteiger partial charge in [0, 0.05) is 19.3 Å². The number of anilines is 1. The third-order valence-corrected chi connectivity index (χ3v) is 5.96. The van der Waals surface area contributed by atoms with E-state index in [1.807, 2.05) is 15.8 Å². The summed E-state index contributed by atoms with van der Waals surface area (Å²) in [5.41, 5.74) is 1.17. The molecule has 1 spiro atoms. The monoisotopic (exact) mass is 317 g/mol. The van der Waals surface area contributed by atoms with Gasteiger partial charge in [-0.3, -0.25) is 4.68 Å². The molecule has 2 N–H and O–H groups in total. The highest BCUT2D eigenvalue weighted by Gasteiger charge is 2.40. The van der Waals surface area contributed by atoms with E-state index >= 15 is 0 Å². The minimum absolute atomic E-state index is 0.0269. The summed E-state index contributed by atoms with van der Waals surface area (Å²) in [6.45, 7) is 6.14. The molecule has 0 radical (unpaired) electrons. The van der Waals surface area contributed by atoms with Gasteiger partial charge in [0.05, 0.1) is 17.9 Å². The SMILES string of the molecule is CC(C1CC1)n1cc(NC(=O)N2CCC3(CCNCC3)C2)cn1. The van der Waals surface area contributed by atoms with Crippen molar-refractivity contribution < 1.29 is 4.79 Å². The van der Waals surface area contributed by atoms with Crippen LogP contribution in [-0.2, 0) is 0 Å². The Bertz CT molecular complexity index is 573. The van der Waals surface area contributed by atoms with Crippen LogP contribution in [-0.4, -0.2) is 46.9 Å². The molecular formula is C17H27N5O. The van der Waals surface area contributed by atoms with Crippen LogP contribution in [0.1, 0.15) is 45.1 Å². The summed E-state index contributed by atoms with van der Waals surface area (Å²) < 4.78 is 1.99. The fourth-order valence-corrected chi connectivity index (χ4v) is 4.10. The van der Waals surface area contributed by atoms with Crippen molar-refractivity contribution in [1.29, 1.82) is 0 Å². The Labute approximate surface area is 137 Å². The van der Waals surface area contributed by atoms with Crippen molar-refractivity contribution in [3.63, 3.8) is 0 Å². The number of nitrogens with zero attached hydrogens (tertiary/aromatic N) is 3. The number of carbonyl (C=O) groups is 1. The lowest BCUT2D eigenvalue weighted by Gasteiger charge is -2.33. The lowest BCUT2D eigenvalue weighted by molar-refractivity contribution is 0.191. The molecule has 1 aliphatic carbocycles. The van der Waals surface area contributed by atoms with Crippen LogP contribution in [0.15, 0.2) is 12.4 Å².